The van der Waals surface area contributed by atoms with E-state index in [1.165, 1.54) is 44.9 Å². The molecule has 2 heteroatoms. The van der Waals surface area contributed by atoms with E-state index >= 15 is 0 Å². The predicted octanol–water partition coefficient (Wildman–Crippen LogP) is 3.87. The molecule has 102 valence electrons. The first kappa shape index (κ1) is 13.9. The van der Waals surface area contributed by atoms with Crippen molar-refractivity contribution in [3.8, 4) is 6.07 Å². The van der Waals surface area contributed by atoms with Crippen LogP contribution >= 0.6 is 0 Å². The molecule has 4 unspecified atom stereocenters. The van der Waals surface area contributed by atoms with Crippen LogP contribution in [-0.2, 0) is 0 Å². The maximum Gasteiger partial charge on any atom is 0.0672 e. The highest BCUT2D eigenvalue weighted by atomic mass is 15.0. The van der Waals surface area contributed by atoms with Crippen molar-refractivity contribution in [3.05, 3.63) is 0 Å². The Labute approximate surface area is 112 Å². The molecular weight excluding hydrogens is 220 g/mol. The Balaban J connectivity index is 1.91. The van der Waals surface area contributed by atoms with Crippen LogP contribution < -0.4 is 5.32 Å². The van der Waals surface area contributed by atoms with Crippen LogP contribution in [-0.4, -0.2) is 12.1 Å². The Kier molecular flexibility index (Phi) is 5.06. The van der Waals surface area contributed by atoms with Crippen molar-refractivity contribution >= 4 is 0 Å². The summed E-state index contributed by atoms with van der Waals surface area (Å²) in [4.78, 5) is 0. The lowest BCUT2D eigenvalue weighted by Gasteiger charge is -2.35. The van der Waals surface area contributed by atoms with Crippen LogP contribution in [0.3, 0.4) is 0 Å². The lowest BCUT2D eigenvalue weighted by atomic mass is 9.79. The fraction of sp³-hybridized carbons (Fsp3) is 0.938. The molecule has 2 aliphatic carbocycles. The molecule has 0 aromatic carbocycles. The van der Waals surface area contributed by atoms with Gasteiger partial charge in [-0.3, -0.25) is 0 Å². The molecule has 2 nitrogen and oxygen atoms in total. The molecule has 2 saturated carbocycles. The van der Waals surface area contributed by atoms with E-state index < -0.39 is 0 Å². The lowest BCUT2D eigenvalue weighted by molar-refractivity contribution is 0.211. The standard InChI is InChI=1S/C16H28N2/c1-12-8-13(2)10-15(9-12)18-16-7-5-3-4-6-14(16)11-17/h12-16,18H,3-10H2,1-2H3. The highest BCUT2D eigenvalue weighted by Gasteiger charge is 2.29. The van der Waals surface area contributed by atoms with Gasteiger partial charge in [0.2, 0.25) is 0 Å². The Morgan fingerprint density at radius 2 is 1.61 bits per heavy atom. The molecule has 0 aromatic heterocycles. The summed E-state index contributed by atoms with van der Waals surface area (Å²) in [5, 5.41) is 13.2. The fourth-order valence-corrected chi connectivity index (χ4v) is 4.05. The van der Waals surface area contributed by atoms with Crippen LogP contribution in [0.1, 0.15) is 65.2 Å². The van der Waals surface area contributed by atoms with Gasteiger partial charge in [-0.1, -0.05) is 33.1 Å². The summed E-state index contributed by atoms with van der Waals surface area (Å²) in [6, 6.07) is 3.66. The first-order chi connectivity index (χ1) is 8.69. The van der Waals surface area contributed by atoms with Gasteiger partial charge in [0.15, 0.2) is 0 Å². The van der Waals surface area contributed by atoms with Crippen molar-refractivity contribution < 1.29 is 0 Å². The summed E-state index contributed by atoms with van der Waals surface area (Å²) in [5.74, 6) is 1.94. The van der Waals surface area contributed by atoms with Gasteiger partial charge in [-0.2, -0.15) is 5.26 Å². The Morgan fingerprint density at radius 1 is 0.944 bits per heavy atom. The Morgan fingerprint density at radius 3 is 2.28 bits per heavy atom. The summed E-state index contributed by atoms with van der Waals surface area (Å²) in [5.41, 5.74) is 0. The monoisotopic (exact) mass is 248 g/mol. The van der Waals surface area contributed by atoms with E-state index in [4.69, 9.17) is 0 Å². The Bertz CT molecular complexity index is 284. The first-order valence-electron chi connectivity index (χ1n) is 7.84. The second-order valence-electron chi connectivity index (χ2n) is 6.76. The van der Waals surface area contributed by atoms with Crippen molar-refractivity contribution in [2.75, 3.05) is 0 Å². The topological polar surface area (TPSA) is 35.8 Å². The molecule has 2 fully saturated rings. The molecule has 18 heavy (non-hydrogen) atoms. The molecule has 4 atom stereocenters. The summed E-state index contributed by atoms with van der Waals surface area (Å²) in [7, 11) is 0. The van der Waals surface area contributed by atoms with E-state index in [-0.39, 0.29) is 5.92 Å². The van der Waals surface area contributed by atoms with Gasteiger partial charge >= 0.3 is 0 Å². The first-order valence-corrected chi connectivity index (χ1v) is 7.84. The molecule has 0 spiro atoms. The van der Waals surface area contributed by atoms with E-state index in [2.05, 4.69) is 25.2 Å². The van der Waals surface area contributed by atoms with Crippen LogP contribution in [0.5, 0.6) is 0 Å². The predicted molar refractivity (Wildman–Crippen MR) is 75.1 cm³/mol. The summed E-state index contributed by atoms with van der Waals surface area (Å²) >= 11 is 0. The van der Waals surface area contributed by atoms with E-state index in [0.717, 1.165) is 18.3 Å². The molecule has 0 radical (unpaired) electrons. The van der Waals surface area contributed by atoms with Crippen molar-refractivity contribution in [2.24, 2.45) is 17.8 Å². The van der Waals surface area contributed by atoms with E-state index in [9.17, 15) is 5.26 Å². The van der Waals surface area contributed by atoms with Gasteiger partial charge in [0, 0.05) is 12.1 Å². The summed E-state index contributed by atoms with van der Waals surface area (Å²) in [6.07, 6.45) is 10.2. The zero-order valence-corrected chi connectivity index (χ0v) is 12.0. The van der Waals surface area contributed by atoms with Crippen LogP contribution in [0.2, 0.25) is 0 Å². The quantitative estimate of drug-likeness (QED) is 0.753. The number of hydrogen-bond acceptors (Lipinski definition) is 2. The second-order valence-corrected chi connectivity index (χ2v) is 6.76. The Hall–Kier alpha value is -0.550. The van der Waals surface area contributed by atoms with Crippen LogP contribution in [0.15, 0.2) is 0 Å². The number of nitrogens with one attached hydrogen (secondary N) is 1. The van der Waals surface area contributed by atoms with Crippen LogP contribution in [0.25, 0.3) is 0 Å². The molecule has 2 rings (SSSR count). The average Bonchev–Trinajstić information content (AvgIpc) is 2.52. The minimum absolute atomic E-state index is 0.250. The second kappa shape index (κ2) is 6.57. The molecule has 0 aromatic rings. The molecule has 0 amide bonds. The molecule has 2 aliphatic rings. The third-order valence-electron chi connectivity index (χ3n) is 4.81. The number of nitrogens with zero attached hydrogens (tertiary/aromatic N) is 1. The van der Waals surface area contributed by atoms with E-state index in [1.54, 1.807) is 0 Å². The van der Waals surface area contributed by atoms with Gasteiger partial charge in [0.05, 0.1) is 12.0 Å². The van der Waals surface area contributed by atoms with Gasteiger partial charge in [-0.25, -0.2) is 0 Å². The highest BCUT2D eigenvalue weighted by Crippen LogP contribution is 2.30. The zero-order valence-electron chi connectivity index (χ0n) is 12.0. The van der Waals surface area contributed by atoms with Gasteiger partial charge in [0.1, 0.15) is 0 Å². The third kappa shape index (κ3) is 3.72. The van der Waals surface area contributed by atoms with Gasteiger partial charge in [-0.15, -0.1) is 0 Å². The van der Waals surface area contributed by atoms with Gasteiger partial charge in [0.25, 0.3) is 0 Å². The molecule has 0 bridgehead atoms. The maximum atomic E-state index is 9.33. The minimum Gasteiger partial charge on any atom is -0.310 e. The number of nitriles is 1. The van der Waals surface area contributed by atoms with E-state index in [0.29, 0.717) is 12.1 Å². The lowest BCUT2D eigenvalue weighted by Crippen LogP contribution is -2.45. The average molecular weight is 248 g/mol. The largest absolute Gasteiger partial charge is 0.310 e. The molecular formula is C16H28N2. The zero-order chi connectivity index (χ0) is 13.0. The molecule has 0 aliphatic heterocycles. The normalized spacial score (nSPS) is 41.9. The third-order valence-corrected chi connectivity index (χ3v) is 4.81. The van der Waals surface area contributed by atoms with E-state index in [1.807, 2.05) is 0 Å². The minimum atomic E-state index is 0.250. The maximum absolute atomic E-state index is 9.33. The number of hydrogen-bond donors (Lipinski definition) is 1. The smallest absolute Gasteiger partial charge is 0.0672 e. The van der Waals surface area contributed by atoms with Gasteiger partial charge in [-0.05, 0) is 43.9 Å². The molecule has 1 N–H and O–H groups in total. The van der Waals surface area contributed by atoms with Crippen molar-refractivity contribution in [1.29, 1.82) is 5.26 Å². The molecule has 0 saturated heterocycles. The van der Waals surface area contributed by atoms with Crippen molar-refractivity contribution in [3.63, 3.8) is 0 Å². The molecule has 0 heterocycles. The summed E-state index contributed by atoms with van der Waals surface area (Å²) in [6.45, 7) is 4.75. The van der Waals surface area contributed by atoms with Crippen LogP contribution in [0.4, 0.5) is 0 Å². The SMILES string of the molecule is CC1CC(C)CC(NC2CCCCCC2C#N)C1. The summed E-state index contributed by atoms with van der Waals surface area (Å²) < 4.78 is 0. The highest BCUT2D eigenvalue weighted by molar-refractivity contribution is 4.95. The number of rotatable bonds is 2. The van der Waals surface area contributed by atoms with Crippen molar-refractivity contribution in [1.82, 2.24) is 5.32 Å². The fourth-order valence-electron chi connectivity index (χ4n) is 4.05. The van der Waals surface area contributed by atoms with Gasteiger partial charge < -0.3 is 5.32 Å². The van der Waals surface area contributed by atoms with Crippen molar-refractivity contribution in [2.45, 2.75) is 77.3 Å². The van der Waals surface area contributed by atoms with Crippen LogP contribution in [0, 0.1) is 29.1 Å².